The van der Waals surface area contributed by atoms with Gasteiger partial charge in [-0.2, -0.15) is 0 Å². The molecule has 6 nitrogen and oxygen atoms in total. The van der Waals surface area contributed by atoms with Crippen molar-refractivity contribution in [3.05, 3.63) is 63.7 Å². The lowest BCUT2D eigenvalue weighted by molar-refractivity contribution is -0.851. The van der Waals surface area contributed by atoms with Gasteiger partial charge in [0.25, 0.3) is 0 Å². The molecule has 0 spiro atoms. The van der Waals surface area contributed by atoms with Gasteiger partial charge in [0, 0.05) is 23.1 Å². The zero-order valence-electron chi connectivity index (χ0n) is 21.2. The van der Waals surface area contributed by atoms with Crippen LogP contribution in [0.1, 0.15) is 81.0 Å². The van der Waals surface area contributed by atoms with E-state index in [0.29, 0.717) is 19.5 Å². The average Bonchev–Trinajstić information content (AvgIpc) is 3.58. The Balaban J connectivity index is 1.39. The Labute approximate surface area is 216 Å². The molecule has 1 saturated heterocycles. The maximum absolute atomic E-state index is 14.0. The molecule has 3 aliphatic rings. The minimum absolute atomic E-state index is 0.123. The van der Waals surface area contributed by atoms with Crippen LogP contribution in [0.2, 0.25) is 0 Å². The number of hydrogen-bond acceptors (Lipinski definition) is 4. The van der Waals surface area contributed by atoms with Gasteiger partial charge >= 0.3 is 0 Å². The highest BCUT2D eigenvalue weighted by Crippen LogP contribution is 2.43. The van der Waals surface area contributed by atoms with E-state index < -0.39 is 6.10 Å². The molecular weight excluding hydrogens is 504 g/mol. The fourth-order valence-electron chi connectivity index (χ4n) is 5.90. The van der Waals surface area contributed by atoms with Crippen LogP contribution in [-0.4, -0.2) is 68.6 Å². The number of aliphatic hydroxyl groups is 1. The second-order valence-electron chi connectivity index (χ2n) is 11.5. The van der Waals surface area contributed by atoms with Crippen molar-refractivity contribution < 1.29 is 14.4 Å². The number of quaternary nitrogens is 1. The molecular formula is C28H36BrN4O2+. The van der Waals surface area contributed by atoms with Gasteiger partial charge in [-0.3, -0.25) is 4.79 Å². The smallest absolute Gasteiger partial charge is 0.236 e. The molecule has 0 radical (unpaired) electrons. The monoisotopic (exact) mass is 539 g/mol. The highest BCUT2D eigenvalue weighted by Gasteiger charge is 2.54. The van der Waals surface area contributed by atoms with E-state index in [2.05, 4.69) is 71.8 Å². The second-order valence-corrected chi connectivity index (χ2v) is 12.4. The average molecular weight is 541 g/mol. The van der Waals surface area contributed by atoms with E-state index in [4.69, 9.17) is 0 Å². The summed E-state index contributed by atoms with van der Waals surface area (Å²) in [6.45, 7) is 13.4. The molecule has 186 valence electrons. The number of nitrogens with zero attached hydrogens (tertiary/aromatic N) is 4. The number of carbonyl (C=O) groups excluding carboxylic acids is 1. The van der Waals surface area contributed by atoms with Gasteiger partial charge in [-0.1, -0.05) is 41.1 Å². The first-order chi connectivity index (χ1) is 16.6. The molecule has 1 N–H and O–H groups in total. The van der Waals surface area contributed by atoms with Crippen LogP contribution >= 0.6 is 15.9 Å². The summed E-state index contributed by atoms with van der Waals surface area (Å²) < 4.78 is 2.02. The molecule has 5 rings (SSSR count). The van der Waals surface area contributed by atoms with E-state index in [9.17, 15) is 9.90 Å². The van der Waals surface area contributed by atoms with Crippen molar-refractivity contribution in [3.8, 4) is 0 Å². The Hall–Kier alpha value is -2.09. The molecule has 0 bridgehead atoms. The topological polar surface area (TPSA) is 66.3 Å². The molecule has 1 aromatic carbocycles. The summed E-state index contributed by atoms with van der Waals surface area (Å²) in [6, 6.07) is 8.27. The van der Waals surface area contributed by atoms with Crippen LogP contribution in [0, 0.1) is 0 Å². The second kappa shape index (κ2) is 9.09. The molecule has 1 amide bonds. The lowest BCUT2D eigenvalue weighted by Crippen LogP contribution is -2.50. The molecule has 1 fully saturated rings. The van der Waals surface area contributed by atoms with Crippen LogP contribution < -0.4 is 0 Å². The summed E-state index contributed by atoms with van der Waals surface area (Å²) in [7, 11) is 0. The predicted molar refractivity (Wildman–Crippen MR) is 141 cm³/mol. The molecule has 0 saturated carbocycles. The molecule has 1 aromatic heterocycles. The quantitative estimate of drug-likeness (QED) is 0.437. The minimum Gasteiger partial charge on any atom is -0.387 e. The Kier molecular flexibility index (Phi) is 6.39. The van der Waals surface area contributed by atoms with E-state index in [1.54, 1.807) is 6.33 Å². The SMILES string of the molecule is C[C@@H]1C[C@@H](O)c2ncnc(C3=CCN(C(=O)[C@H](C[N+]4(C(C)(C)C)CC4)c4ccc(Br)cc4)CC3)c21. The van der Waals surface area contributed by atoms with Crippen molar-refractivity contribution >= 4 is 27.4 Å². The number of carbonyl (C=O) groups is 1. The number of aromatic nitrogens is 2. The van der Waals surface area contributed by atoms with Crippen LogP contribution in [0.3, 0.4) is 0 Å². The third-order valence-electron chi connectivity index (χ3n) is 8.41. The molecule has 7 heteroatoms. The number of aliphatic hydroxyl groups excluding tert-OH is 1. The number of benzene rings is 1. The van der Waals surface area contributed by atoms with E-state index >= 15 is 0 Å². The summed E-state index contributed by atoms with van der Waals surface area (Å²) in [5.74, 6) is 0.301. The first-order valence-electron chi connectivity index (χ1n) is 12.7. The van der Waals surface area contributed by atoms with E-state index in [1.807, 2.05) is 17.0 Å². The van der Waals surface area contributed by atoms with E-state index in [-0.39, 0.29) is 23.3 Å². The largest absolute Gasteiger partial charge is 0.387 e. The third kappa shape index (κ3) is 4.58. The van der Waals surface area contributed by atoms with Gasteiger partial charge in [-0.25, -0.2) is 9.97 Å². The predicted octanol–water partition coefficient (Wildman–Crippen LogP) is 4.81. The molecule has 3 atom stereocenters. The first kappa shape index (κ1) is 24.6. The molecule has 2 aromatic rings. The van der Waals surface area contributed by atoms with Gasteiger partial charge in [-0.15, -0.1) is 0 Å². The van der Waals surface area contributed by atoms with Crippen LogP contribution in [-0.2, 0) is 4.79 Å². The standard InChI is InChI=1S/C28H36BrN4O2/c1-18-15-23(34)26-24(18)25(30-17-31-26)20-9-11-32(12-10-20)27(35)22(19-5-7-21(29)8-6-19)16-33(13-14-33)28(2,3)4/h5-9,17-18,22-23,34H,10-16H2,1-4H3/q+1/t18-,22-,23-/m1/s1. The number of amides is 1. The van der Waals surface area contributed by atoms with Crippen molar-refractivity contribution in [2.75, 3.05) is 32.7 Å². The van der Waals surface area contributed by atoms with Crippen molar-refractivity contribution in [3.63, 3.8) is 0 Å². The van der Waals surface area contributed by atoms with Gasteiger partial charge in [0.15, 0.2) is 0 Å². The summed E-state index contributed by atoms with van der Waals surface area (Å²) in [6.07, 6.45) is 4.68. The fraction of sp³-hybridized carbons (Fsp3) is 0.536. The fourth-order valence-corrected chi connectivity index (χ4v) is 6.17. The minimum atomic E-state index is -0.508. The van der Waals surface area contributed by atoms with Crippen LogP contribution in [0.15, 0.2) is 41.1 Å². The lowest BCUT2D eigenvalue weighted by atomic mass is 9.92. The van der Waals surface area contributed by atoms with Crippen molar-refractivity contribution in [2.45, 2.75) is 64.0 Å². The molecule has 3 heterocycles. The zero-order valence-corrected chi connectivity index (χ0v) is 22.8. The molecule has 1 aliphatic carbocycles. The Morgan fingerprint density at radius 3 is 2.54 bits per heavy atom. The maximum atomic E-state index is 14.0. The summed E-state index contributed by atoms with van der Waals surface area (Å²) in [4.78, 5) is 24.9. The zero-order chi connectivity index (χ0) is 25.0. The van der Waals surface area contributed by atoms with Gasteiger partial charge in [0.1, 0.15) is 25.3 Å². The van der Waals surface area contributed by atoms with Gasteiger partial charge in [-0.05, 0) is 62.8 Å². The van der Waals surface area contributed by atoms with Crippen molar-refractivity contribution in [2.24, 2.45) is 0 Å². The van der Waals surface area contributed by atoms with Gasteiger partial charge in [0.05, 0.1) is 29.6 Å². The molecule has 35 heavy (non-hydrogen) atoms. The molecule has 2 aliphatic heterocycles. The van der Waals surface area contributed by atoms with Crippen LogP contribution in [0.25, 0.3) is 5.57 Å². The maximum Gasteiger partial charge on any atom is 0.236 e. The van der Waals surface area contributed by atoms with Gasteiger partial charge < -0.3 is 14.5 Å². The van der Waals surface area contributed by atoms with Crippen LogP contribution in [0.5, 0.6) is 0 Å². The number of hydrogen-bond donors (Lipinski definition) is 1. The Morgan fingerprint density at radius 1 is 1.23 bits per heavy atom. The Bertz CT molecular complexity index is 1150. The summed E-state index contributed by atoms with van der Waals surface area (Å²) >= 11 is 3.54. The normalized spacial score (nSPS) is 24.1. The highest BCUT2D eigenvalue weighted by molar-refractivity contribution is 9.10. The Morgan fingerprint density at radius 2 is 1.94 bits per heavy atom. The first-order valence-corrected chi connectivity index (χ1v) is 13.5. The van der Waals surface area contributed by atoms with Gasteiger partial charge in [0.2, 0.25) is 5.91 Å². The summed E-state index contributed by atoms with van der Waals surface area (Å²) in [5.41, 5.74) is 5.19. The highest BCUT2D eigenvalue weighted by atomic mass is 79.9. The number of halogens is 1. The van der Waals surface area contributed by atoms with Crippen molar-refractivity contribution in [1.29, 1.82) is 0 Å². The van der Waals surface area contributed by atoms with Crippen molar-refractivity contribution in [1.82, 2.24) is 14.9 Å². The third-order valence-corrected chi connectivity index (χ3v) is 8.94. The molecule has 0 unspecified atom stereocenters. The van der Waals surface area contributed by atoms with E-state index in [1.165, 1.54) is 0 Å². The summed E-state index contributed by atoms with van der Waals surface area (Å²) in [5, 5.41) is 10.4. The number of fused-ring (bicyclic) bond motifs is 1. The van der Waals surface area contributed by atoms with E-state index in [0.717, 1.165) is 63.1 Å². The van der Waals surface area contributed by atoms with Crippen LogP contribution in [0.4, 0.5) is 0 Å². The number of rotatable bonds is 5. The lowest BCUT2D eigenvalue weighted by Gasteiger charge is -2.37.